The average Bonchev–Trinajstić information content (AvgIpc) is 3.00. The van der Waals surface area contributed by atoms with Gasteiger partial charge in [-0.25, -0.2) is 0 Å². The van der Waals surface area contributed by atoms with Gasteiger partial charge in [-0.2, -0.15) is 12.6 Å². The van der Waals surface area contributed by atoms with Crippen LogP contribution in [0.25, 0.3) is 0 Å². The third-order valence-corrected chi connectivity index (χ3v) is 10.1. The van der Waals surface area contributed by atoms with Gasteiger partial charge >= 0.3 is 0 Å². The van der Waals surface area contributed by atoms with Crippen LogP contribution in [0, 0.1) is 0 Å². The Morgan fingerprint density at radius 3 is 0.429 bits per heavy atom. The van der Waals surface area contributed by atoms with Crippen molar-refractivity contribution in [2.24, 2.45) is 0 Å². The highest BCUT2D eigenvalue weighted by atomic mass is 32.1. The number of rotatable bonds is 39. The standard InChI is InChI=1S/C41H84S/c1-2-3-4-5-6-7-8-9-10-11-12-13-14-15-16-17-18-19-20-21-22-23-24-25-26-27-28-29-30-31-32-33-34-35-36-37-38-39-40-41-42/h42H,2-41H2,1H3. The molecule has 0 fully saturated rings. The zero-order valence-corrected chi connectivity index (χ0v) is 30.6. The van der Waals surface area contributed by atoms with Crippen LogP contribution < -0.4 is 0 Å². The second-order valence-electron chi connectivity index (χ2n) is 14.2. The molecule has 0 spiro atoms. The van der Waals surface area contributed by atoms with E-state index >= 15 is 0 Å². The first-order valence-electron chi connectivity index (χ1n) is 20.5. The molecule has 0 amide bonds. The van der Waals surface area contributed by atoms with Crippen molar-refractivity contribution < 1.29 is 0 Å². The van der Waals surface area contributed by atoms with Gasteiger partial charge in [-0.3, -0.25) is 0 Å². The number of hydrogen-bond donors (Lipinski definition) is 1. The van der Waals surface area contributed by atoms with Gasteiger partial charge in [0.15, 0.2) is 0 Å². The minimum absolute atomic E-state index is 1.07. The van der Waals surface area contributed by atoms with Gasteiger partial charge in [0, 0.05) is 0 Å². The van der Waals surface area contributed by atoms with Gasteiger partial charge in [0.2, 0.25) is 0 Å². The molecule has 0 N–H and O–H groups in total. The first kappa shape index (κ1) is 42.3. The van der Waals surface area contributed by atoms with E-state index in [0.717, 1.165) is 5.75 Å². The van der Waals surface area contributed by atoms with Crippen LogP contribution in [0.2, 0.25) is 0 Å². The summed E-state index contributed by atoms with van der Waals surface area (Å²) in [4.78, 5) is 0. The molecule has 0 aromatic carbocycles. The highest BCUT2D eigenvalue weighted by Gasteiger charge is 1.98. The maximum atomic E-state index is 4.29. The Morgan fingerprint density at radius 1 is 0.190 bits per heavy atom. The summed E-state index contributed by atoms with van der Waals surface area (Å²) in [6.45, 7) is 2.31. The number of hydrogen-bond acceptors (Lipinski definition) is 1. The van der Waals surface area contributed by atoms with Crippen LogP contribution in [-0.2, 0) is 0 Å². The molecule has 0 heterocycles. The Bertz CT molecular complexity index is 393. The van der Waals surface area contributed by atoms with Gasteiger partial charge in [0.05, 0.1) is 0 Å². The fourth-order valence-electron chi connectivity index (χ4n) is 6.73. The zero-order valence-electron chi connectivity index (χ0n) is 29.7. The van der Waals surface area contributed by atoms with Crippen LogP contribution in [-0.4, -0.2) is 5.75 Å². The van der Waals surface area contributed by atoms with E-state index in [1.54, 1.807) is 0 Å². The van der Waals surface area contributed by atoms with E-state index in [1.165, 1.54) is 250 Å². The number of unbranched alkanes of at least 4 members (excludes halogenated alkanes) is 38. The van der Waals surface area contributed by atoms with Crippen LogP contribution >= 0.6 is 12.6 Å². The fraction of sp³-hybridized carbons (Fsp3) is 1.00. The number of thiol groups is 1. The summed E-state index contributed by atoms with van der Waals surface area (Å²) in [6, 6.07) is 0. The molecule has 0 aliphatic carbocycles. The molecule has 0 nitrogen and oxygen atoms in total. The molecule has 0 unspecified atom stereocenters. The van der Waals surface area contributed by atoms with Crippen molar-refractivity contribution in [2.75, 3.05) is 5.75 Å². The average molecular weight is 609 g/mol. The minimum Gasteiger partial charge on any atom is -0.179 e. The van der Waals surface area contributed by atoms with Crippen molar-refractivity contribution in [3.05, 3.63) is 0 Å². The molecular formula is C41H84S. The Hall–Kier alpha value is 0.350. The van der Waals surface area contributed by atoms with E-state index in [-0.39, 0.29) is 0 Å². The van der Waals surface area contributed by atoms with Gasteiger partial charge < -0.3 is 0 Å². The SMILES string of the molecule is CCCCCCCCCCCCCCCCCCCCCCCCCCCCCCCCCCCCCCCCCS. The summed E-state index contributed by atoms with van der Waals surface area (Å²) in [7, 11) is 0. The van der Waals surface area contributed by atoms with E-state index in [4.69, 9.17) is 0 Å². The maximum absolute atomic E-state index is 4.29. The third kappa shape index (κ3) is 40.4. The lowest BCUT2D eigenvalue weighted by Gasteiger charge is -2.05. The minimum atomic E-state index is 1.07. The maximum Gasteiger partial charge on any atom is -0.00979 e. The summed E-state index contributed by atoms with van der Waals surface area (Å²) in [5.41, 5.74) is 0. The molecular weight excluding hydrogens is 525 g/mol. The lowest BCUT2D eigenvalue weighted by molar-refractivity contribution is 0.510. The smallest absolute Gasteiger partial charge is 0.00979 e. The van der Waals surface area contributed by atoms with Gasteiger partial charge in [-0.15, -0.1) is 0 Å². The van der Waals surface area contributed by atoms with Crippen molar-refractivity contribution in [1.29, 1.82) is 0 Å². The molecule has 0 aliphatic heterocycles. The lowest BCUT2D eigenvalue weighted by atomic mass is 10.0. The second-order valence-corrected chi connectivity index (χ2v) is 14.6. The second kappa shape index (κ2) is 41.4. The molecule has 1 heteroatoms. The van der Waals surface area contributed by atoms with Gasteiger partial charge in [-0.05, 0) is 12.2 Å². The first-order valence-corrected chi connectivity index (χ1v) is 21.2. The van der Waals surface area contributed by atoms with E-state index in [0.29, 0.717) is 0 Å². The molecule has 254 valence electrons. The predicted molar refractivity (Wildman–Crippen MR) is 200 cm³/mol. The largest absolute Gasteiger partial charge is 0.179 e. The molecule has 0 aromatic rings. The third-order valence-electron chi connectivity index (χ3n) is 9.76. The normalized spacial score (nSPS) is 11.6. The Labute approximate surface area is 274 Å². The van der Waals surface area contributed by atoms with Crippen molar-refractivity contribution in [2.45, 2.75) is 257 Å². The summed E-state index contributed by atoms with van der Waals surface area (Å²) >= 11 is 4.29. The van der Waals surface area contributed by atoms with Crippen molar-refractivity contribution in [1.82, 2.24) is 0 Å². The van der Waals surface area contributed by atoms with E-state index in [1.807, 2.05) is 0 Å². The highest BCUT2D eigenvalue weighted by molar-refractivity contribution is 7.80. The van der Waals surface area contributed by atoms with Crippen LogP contribution in [0.5, 0.6) is 0 Å². The van der Waals surface area contributed by atoms with Crippen molar-refractivity contribution in [3.63, 3.8) is 0 Å². The highest BCUT2D eigenvalue weighted by Crippen LogP contribution is 2.17. The zero-order chi connectivity index (χ0) is 30.3. The topological polar surface area (TPSA) is 0 Å². The van der Waals surface area contributed by atoms with Crippen LogP contribution in [0.4, 0.5) is 0 Å². The van der Waals surface area contributed by atoms with Gasteiger partial charge in [-0.1, -0.05) is 251 Å². The molecule has 0 aliphatic rings. The summed E-state index contributed by atoms with van der Waals surface area (Å²) < 4.78 is 0. The molecule has 0 bridgehead atoms. The lowest BCUT2D eigenvalue weighted by Crippen LogP contribution is -1.85. The fourth-order valence-corrected chi connectivity index (χ4v) is 6.95. The molecule has 0 saturated carbocycles. The quantitative estimate of drug-likeness (QED) is 0.0521. The molecule has 0 aromatic heterocycles. The molecule has 42 heavy (non-hydrogen) atoms. The van der Waals surface area contributed by atoms with Crippen molar-refractivity contribution in [3.8, 4) is 0 Å². The van der Waals surface area contributed by atoms with E-state index in [9.17, 15) is 0 Å². The van der Waals surface area contributed by atoms with Gasteiger partial charge in [0.25, 0.3) is 0 Å². The summed E-state index contributed by atoms with van der Waals surface area (Å²) in [6.07, 6.45) is 57.6. The molecule has 0 rings (SSSR count). The van der Waals surface area contributed by atoms with Crippen LogP contribution in [0.15, 0.2) is 0 Å². The van der Waals surface area contributed by atoms with Crippen molar-refractivity contribution >= 4 is 12.6 Å². The van der Waals surface area contributed by atoms with E-state index < -0.39 is 0 Å². The Morgan fingerprint density at radius 2 is 0.310 bits per heavy atom. The summed E-state index contributed by atoms with van der Waals surface area (Å²) in [5, 5.41) is 0. The molecule has 0 atom stereocenters. The van der Waals surface area contributed by atoms with Crippen LogP contribution in [0.3, 0.4) is 0 Å². The first-order chi connectivity index (χ1) is 20.9. The van der Waals surface area contributed by atoms with Gasteiger partial charge in [0.1, 0.15) is 0 Å². The Balaban J connectivity index is 3.02. The Kier molecular flexibility index (Phi) is 41.7. The summed E-state index contributed by atoms with van der Waals surface area (Å²) in [5.74, 6) is 1.07. The molecule has 0 radical (unpaired) electrons. The molecule has 0 saturated heterocycles. The monoisotopic (exact) mass is 609 g/mol. The predicted octanol–water partition coefficient (Wildman–Crippen LogP) is 16.1. The van der Waals surface area contributed by atoms with E-state index in [2.05, 4.69) is 19.6 Å². The van der Waals surface area contributed by atoms with Crippen LogP contribution in [0.1, 0.15) is 257 Å².